The number of carbonyl (C=O) groups is 1. The van der Waals surface area contributed by atoms with E-state index >= 15 is 0 Å². The zero-order valence-corrected chi connectivity index (χ0v) is 11.1. The van der Waals surface area contributed by atoms with Crippen LogP contribution in [0.2, 0.25) is 0 Å². The van der Waals surface area contributed by atoms with E-state index in [4.69, 9.17) is 4.74 Å². The number of ether oxygens (including phenoxy) is 1. The molecule has 0 spiro atoms. The summed E-state index contributed by atoms with van der Waals surface area (Å²) in [6.07, 6.45) is 3.39. The second-order valence-electron chi connectivity index (χ2n) is 6.21. The lowest BCUT2D eigenvalue weighted by molar-refractivity contribution is -0.149. The molecule has 1 saturated heterocycles. The van der Waals surface area contributed by atoms with Gasteiger partial charge in [-0.1, -0.05) is 19.6 Å². The second-order valence-corrected chi connectivity index (χ2v) is 6.21. The van der Waals surface area contributed by atoms with Crippen LogP contribution in [0.4, 0.5) is 0 Å². The van der Waals surface area contributed by atoms with Crippen molar-refractivity contribution in [1.29, 1.82) is 0 Å². The van der Waals surface area contributed by atoms with E-state index in [9.17, 15) is 15.0 Å². The monoisotopic (exact) mass is 264 g/mol. The molecule has 0 amide bonds. The molecule has 3 aliphatic rings. The van der Waals surface area contributed by atoms with Crippen molar-refractivity contribution in [3.8, 4) is 0 Å². The lowest BCUT2D eigenvalue weighted by Gasteiger charge is -2.51. The van der Waals surface area contributed by atoms with Gasteiger partial charge < -0.3 is 14.9 Å². The number of carbonyl (C=O) groups excluding carboxylic acids is 1. The third-order valence-electron chi connectivity index (χ3n) is 5.33. The van der Waals surface area contributed by atoms with Crippen LogP contribution in [0, 0.1) is 17.3 Å². The van der Waals surface area contributed by atoms with E-state index in [1.54, 1.807) is 0 Å². The molecular formula is C15H20O4. The third kappa shape index (κ3) is 1.63. The highest BCUT2D eigenvalue weighted by atomic mass is 16.6. The van der Waals surface area contributed by atoms with E-state index in [0.29, 0.717) is 12.0 Å². The third-order valence-corrected chi connectivity index (χ3v) is 5.33. The van der Waals surface area contributed by atoms with E-state index in [2.05, 4.69) is 6.58 Å². The van der Waals surface area contributed by atoms with Crippen molar-refractivity contribution < 1.29 is 19.7 Å². The highest BCUT2D eigenvalue weighted by molar-refractivity contribution is 5.91. The Morgan fingerprint density at radius 2 is 2.32 bits per heavy atom. The van der Waals surface area contributed by atoms with E-state index in [0.717, 1.165) is 18.4 Å². The van der Waals surface area contributed by atoms with Crippen molar-refractivity contribution in [1.82, 2.24) is 0 Å². The summed E-state index contributed by atoms with van der Waals surface area (Å²) in [5.74, 6) is -0.384. The number of rotatable bonds is 1. The molecule has 0 radical (unpaired) electrons. The van der Waals surface area contributed by atoms with Crippen molar-refractivity contribution in [2.75, 3.05) is 6.61 Å². The van der Waals surface area contributed by atoms with Gasteiger partial charge in [-0.3, -0.25) is 0 Å². The average Bonchev–Trinajstić information content (AvgIpc) is 2.67. The smallest absolute Gasteiger partial charge is 0.334 e. The Hall–Kier alpha value is -1.13. The largest absolute Gasteiger partial charge is 0.458 e. The summed E-state index contributed by atoms with van der Waals surface area (Å²) in [6, 6.07) is 0. The number of aliphatic hydroxyl groups excluding tert-OH is 2. The molecule has 0 aromatic rings. The van der Waals surface area contributed by atoms with Crippen molar-refractivity contribution in [2.45, 2.75) is 38.4 Å². The van der Waals surface area contributed by atoms with Gasteiger partial charge in [0, 0.05) is 22.8 Å². The van der Waals surface area contributed by atoms with E-state index < -0.39 is 6.10 Å². The first-order chi connectivity index (χ1) is 8.99. The fraction of sp³-hybridized carbons (Fsp3) is 0.667. The molecule has 5 unspecified atom stereocenters. The number of hydrogen-bond donors (Lipinski definition) is 2. The molecule has 1 saturated carbocycles. The fourth-order valence-corrected chi connectivity index (χ4v) is 4.10. The topological polar surface area (TPSA) is 66.8 Å². The van der Waals surface area contributed by atoms with Gasteiger partial charge in [0.15, 0.2) is 0 Å². The number of hydrogen-bond acceptors (Lipinski definition) is 4. The Bertz CT molecular complexity index is 467. The number of aliphatic hydroxyl groups is 2. The van der Waals surface area contributed by atoms with Gasteiger partial charge in [0.1, 0.15) is 6.10 Å². The SMILES string of the molecule is C=C1C(=O)OC2C1CCC1(C)C(O)CC=C(CO)C21. The predicted molar refractivity (Wildman–Crippen MR) is 69.1 cm³/mol. The number of esters is 1. The minimum absolute atomic E-state index is 0.0332. The Morgan fingerprint density at radius 3 is 3.00 bits per heavy atom. The summed E-state index contributed by atoms with van der Waals surface area (Å²) < 4.78 is 5.49. The molecule has 3 rings (SSSR count). The van der Waals surface area contributed by atoms with Gasteiger partial charge in [-0.25, -0.2) is 4.79 Å². The summed E-state index contributed by atoms with van der Waals surface area (Å²) in [6.45, 7) is 5.83. The first-order valence-corrected chi connectivity index (χ1v) is 6.86. The molecule has 1 heterocycles. The Morgan fingerprint density at radius 1 is 1.58 bits per heavy atom. The second kappa shape index (κ2) is 4.18. The van der Waals surface area contributed by atoms with Gasteiger partial charge in [-0.15, -0.1) is 0 Å². The molecule has 0 aromatic carbocycles. The molecule has 5 atom stereocenters. The summed E-state index contributed by atoms with van der Waals surface area (Å²) in [7, 11) is 0. The fourth-order valence-electron chi connectivity index (χ4n) is 4.10. The highest BCUT2D eigenvalue weighted by Gasteiger charge is 2.57. The average molecular weight is 264 g/mol. The predicted octanol–water partition coefficient (Wildman–Crippen LogP) is 1.18. The Kier molecular flexibility index (Phi) is 2.84. The molecule has 0 bridgehead atoms. The highest BCUT2D eigenvalue weighted by Crippen LogP contribution is 2.56. The lowest BCUT2D eigenvalue weighted by atomic mass is 9.55. The maximum absolute atomic E-state index is 11.7. The van der Waals surface area contributed by atoms with Crippen LogP contribution in [0.5, 0.6) is 0 Å². The van der Waals surface area contributed by atoms with Gasteiger partial charge in [-0.2, -0.15) is 0 Å². The van der Waals surface area contributed by atoms with Crippen molar-refractivity contribution >= 4 is 5.97 Å². The summed E-state index contributed by atoms with van der Waals surface area (Å²) in [5, 5.41) is 19.9. The van der Waals surface area contributed by atoms with Crippen molar-refractivity contribution in [3.05, 3.63) is 23.8 Å². The lowest BCUT2D eigenvalue weighted by Crippen LogP contribution is -2.53. The molecule has 2 fully saturated rings. The van der Waals surface area contributed by atoms with E-state index in [1.165, 1.54) is 0 Å². The molecule has 0 aromatic heterocycles. The van der Waals surface area contributed by atoms with Crippen LogP contribution in [0.1, 0.15) is 26.2 Å². The van der Waals surface area contributed by atoms with Crippen LogP contribution in [-0.4, -0.2) is 35.0 Å². The first-order valence-electron chi connectivity index (χ1n) is 6.86. The maximum Gasteiger partial charge on any atom is 0.334 e. The summed E-state index contributed by atoms with van der Waals surface area (Å²) >= 11 is 0. The molecule has 19 heavy (non-hydrogen) atoms. The van der Waals surface area contributed by atoms with E-state index in [1.807, 2.05) is 13.0 Å². The van der Waals surface area contributed by atoms with E-state index in [-0.39, 0.29) is 35.9 Å². The minimum atomic E-state index is -0.443. The van der Waals surface area contributed by atoms with Gasteiger partial charge in [-0.05, 0) is 24.8 Å². The van der Waals surface area contributed by atoms with Crippen LogP contribution >= 0.6 is 0 Å². The van der Waals surface area contributed by atoms with Gasteiger partial charge in [0.25, 0.3) is 0 Å². The quantitative estimate of drug-likeness (QED) is 0.424. The first kappa shape index (κ1) is 12.9. The summed E-state index contributed by atoms with van der Waals surface area (Å²) in [4.78, 5) is 11.7. The molecule has 104 valence electrons. The molecule has 4 heteroatoms. The maximum atomic E-state index is 11.7. The van der Waals surface area contributed by atoms with Crippen molar-refractivity contribution in [3.63, 3.8) is 0 Å². The molecule has 2 N–H and O–H groups in total. The molecule has 4 nitrogen and oxygen atoms in total. The zero-order valence-electron chi connectivity index (χ0n) is 11.1. The summed E-state index contributed by atoms with van der Waals surface area (Å²) in [5.41, 5.74) is 1.12. The minimum Gasteiger partial charge on any atom is -0.458 e. The Labute approximate surface area is 112 Å². The molecule has 1 aliphatic heterocycles. The van der Waals surface area contributed by atoms with Crippen LogP contribution in [-0.2, 0) is 9.53 Å². The van der Waals surface area contributed by atoms with Gasteiger partial charge in [0.05, 0.1) is 12.7 Å². The van der Waals surface area contributed by atoms with Crippen LogP contribution in [0.3, 0.4) is 0 Å². The Balaban J connectivity index is 2.03. The van der Waals surface area contributed by atoms with Gasteiger partial charge in [0.2, 0.25) is 0 Å². The number of fused-ring (bicyclic) bond motifs is 3. The van der Waals surface area contributed by atoms with Crippen LogP contribution < -0.4 is 0 Å². The standard InChI is InChI=1S/C15H20O4/c1-8-10-5-6-15(2)11(17)4-3-9(7-16)12(15)13(10)19-14(8)18/h3,10-13,16-17H,1,4-7H2,2H3. The van der Waals surface area contributed by atoms with Crippen LogP contribution in [0.15, 0.2) is 23.8 Å². The molecule has 2 aliphatic carbocycles. The zero-order chi connectivity index (χ0) is 13.8. The molecular weight excluding hydrogens is 244 g/mol. The van der Waals surface area contributed by atoms with Gasteiger partial charge >= 0.3 is 5.97 Å². The van der Waals surface area contributed by atoms with Crippen LogP contribution in [0.25, 0.3) is 0 Å². The van der Waals surface area contributed by atoms with Crippen molar-refractivity contribution in [2.24, 2.45) is 17.3 Å². The normalized spacial score (nSPS) is 45.3.